The smallest absolute Gasteiger partial charge is 0.262 e. The molecule has 0 fully saturated rings. The van der Waals surface area contributed by atoms with E-state index < -0.39 is 0 Å². The third kappa shape index (κ3) is 3.79. The fraction of sp³-hybridized carbons (Fsp3) is 0.182. The Labute approximate surface area is 171 Å². The Balaban J connectivity index is 1.59. The van der Waals surface area contributed by atoms with Crippen LogP contribution in [0.4, 0.5) is 4.39 Å². The highest BCUT2D eigenvalue weighted by Gasteiger charge is 2.23. The molecule has 0 aliphatic heterocycles. The van der Waals surface area contributed by atoms with Crippen molar-refractivity contribution in [3.05, 3.63) is 76.8 Å². The average molecular weight is 409 g/mol. The lowest BCUT2D eigenvalue weighted by molar-refractivity contribution is 0.0938. The molecule has 0 aliphatic carbocycles. The SMILES string of the molecule is COCc1c(C(=O)NC(C)c2ncc(-c3ccccc3)[nH]2)sc2cccc(F)c12. The Morgan fingerprint density at radius 3 is 2.79 bits per heavy atom. The van der Waals surface area contributed by atoms with E-state index in [-0.39, 0.29) is 24.4 Å². The van der Waals surface area contributed by atoms with E-state index >= 15 is 0 Å². The predicted molar refractivity (Wildman–Crippen MR) is 112 cm³/mol. The van der Waals surface area contributed by atoms with Crippen LogP contribution in [-0.2, 0) is 11.3 Å². The van der Waals surface area contributed by atoms with E-state index in [0.29, 0.717) is 21.7 Å². The van der Waals surface area contributed by atoms with Crippen molar-refractivity contribution in [2.45, 2.75) is 19.6 Å². The molecule has 0 radical (unpaired) electrons. The number of ether oxygens (including phenoxy) is 1. The molecule has 4 aromatic rings. The van der Waals surface area contributed by atoms with Crippen LogP contribution >= 0.6 is 11.3 Å². The maximum absolute atomic E-state index is 14.3. The first kappa shape index (κ1) is 19.3. The lowest BCUT2D eigenvalue weighted by atomic mass is 10.1. The van der Waals surface area contributed by atoms with E-state index in [9.17, 15) is 9.18 Å². The average Bonchev–Trinajstić information content (AvgIpc) is 3.35. The number of nitrogens with one attached hydrogen (secondary N) is 2. The number of aromatic amines is 1. The van der Waals surface area contributed by atoms with E-state index in [4.69, 9.17) is 4.74 Å². The van der Waals surface area contributed by atoms with Gasteiger partial charge < -0.3 is 15.0 Å². The molecule has 2 N–H and O–H groups in total. The quantitative estimate of drug-likeness (QED) is 0.467. The van der Waals surface area contributed by atoms with Gasteiger partial charge in [0.1, 0.15) is 11.6 Å². The molecule has 2 heterocycles. The summed E-state index contributed by atoms with van der Waals surface area (Å²) < 4.78 is 20.3. The van der Waals surface area contributed by atoms with Gasteiger partial charge in [-0.1, -0.05) is 36.4 Å². The van der Waals surface area contributed by atoms with Crippen molar-refractivity contribution >= 4 is 27.3 Å². The van der Waals surface area contributed by atoms with Crippen molar-refractivity contribution in [2.24, 2.45) is 0 Å². The molecular weight excluding hydrogens is 389 g/mol. The van der Waals surface area contributed by atoms with Gasteiger partial charge in [0.25, 0.3) is 5.91 Å². The molecule has 0 spiro atoms. The first-order valence-corrected chi connectivity index (χ1v) is 10.00. The van der Waals surface area contributed by atoms with Crippen molar-refractivity contribution < 1.29 is 13.9 Å². The second-order valence-electron chi connectivity index (χ2n) is 6.70. The normalized spacial score (nSPS) is 12.2. The van der Waals surface area contributed by atoms with Crippen molar-refractivity contribution in [1.29, 1.82) is 0 Å². The van der Waals surface area contributed by atoms with Crippen molar-refractivity contribution in [3.8, 4) is 11.3 Å². The first-order valence-electron chi connectivity index (χ1n) is 9.18. The van der Waals surface area contributed by atoms with Crippen LogP contribution in [-0.4, -0.2) is 23.0 Å². The van der Waals surface area contributed by atoms with Gasteiger partial charge in [-0.2, -0.15) is 0 Å². The highest BCUT2D eigenvalue weighted by molar-refractivity contribution is 7.21. The fourth-order valence-electron chi connectivity index (χ4n) is 3.28. The highest BCUT2D eigenvalue weighted by Crippen LogP contribution is 2.34. The number of carbonyl (C=O) groups excluding carboxylic acids is 1. The second-order valence-corrected chi connectivity index (χ2v) is 7.75. The summed E-state index contributed by atoms with van der Waals surface area (Å²) in [5.41, 5.74) is 2.47. The van der Waals surface area contributed by atoms with Crippen LogP contribution in [0.25, 0.3) is 21.3 Å². The van der Waals surface area contributed by atoms with Crippen LogP contribution in [0.15, 0.2) is 54.7 Å². The molecule has 0 saturated carbocycles. The Hall–Kier alpha value is -3.03. The molecule has 2 aromatic heterocycles. The van der Waals surface area contributed by atoms with Gasteiger partial charge in [-0.15, -0.1) is 11.3 Å². The lowest BCUT2D eigenvalue weighted by Gasteiger charge is -2.12. The number of benzene rings is 2. The third-order valence-corrected chi connectivity index (χ3v) is 5.89. The molecule has 4 rings (SSSR count). The lowest BCUT2D eigenvalue weighted by Crippen LogP contribution is -2.27. The van der Waals surface area contributed by atoms with Crippen LogP contribution in [0.3, 0.4) is 0 Å². The number of halogens is 1. The zero-order valence-corrected chi connectivity index (χ0v) is 16.8. The molecule has 1 atom stereocenters. The van der Waals surface area contributed by atoms with Crippen molar-refractivity contribution in [2.75, 3.05) is 7.11 Å². The maximum Gasteiger partial charge on any atom is 0.262 e. The molecule has 29 heavy (non-hydrogen) atoms. The minimum atomic E-state index is -0.351. The number of hydrogen-bond acceptors (Lipinski definition) is 4. The molecular formula is C22H20FN3O2S. The Bertz CT molecular complexity index is 1150. The van der Waals surface area contributed by atoms with Gasteiger partial charge in [0, 0.05) is 22.8 Å². The molecule has 1 amide bonds. The molecule has 7 heteroatoms. The molecule has 0 bridgehead atoms. The van der Waals surface area contributed by atoms with Gasteiger partial charge in [-0.3, -0.25) is 4.79 Å². The summed E-state index contributed by atoms with van der Waals surface area (Å²) in [6.45, 7) is 2.02. The largest absolute Gasteiger partial charge is 0.380 e. The molecule has 0 aliphatic rings. The number of aromatic nitrogens is 2. The van der Waals surface area contributed by atoms with Crippen LogP contribution in [0.2, 0.25) is 0 Å². The number of imidazole rings is 1. The van der Waals surface area contributed by atoms with Crippen LogP contribution < -0.4 is 5.32 Å². The van der Waals surface area contributed by atoms with Crippen molar-refractivity contribution in [3.63, 3.8) is 0 Å². The topological polar surface area (TPSA) is 67.0 Å². The second kappa shape index (κ2) is 8.14. The van der Waals surface area contributed by atoms with Crippen LogP contribution in [0, 0.1) is 5.82 Å². The number of hydrogen-bond donors (Lipinski definition) is 2. The van der Waals surface area contributed by atoms with E-state index in [1.165, 1.54) is 24.5 Å². The Kier molecular flexibility index (Phi) is 5.42. The summed E-state index contributed by atoms with van der Waals surface area (Å²) in [7, 11) is 1.53. The summed E-state index contributed by atoms with van der Waals surface area (Å²) in [5.74, 6) is 0.0250. The van der Waals surface area contributed by atoms with Gasteiger partial charge in [0.2, 0.25) is 0 Å². The molecule has 148 valence electrons. The van der Waals surface area contributed by atoms with Gasteiger partial charge in [-0.05, 0) is 24.6 Å². The summed E-state index contributed by atoms with van der Waals surface area (Å²) in [6, 6.07) is 14.3. The van der Waals surface area contributed by atoms with Crippen LogP contribution in [0.1, 0.15) is 34.0 Å². The van der Waals surface area contributed by atoms with Gasteiger partial charge in [-0.25, -0.2) is 9.37 Å². The number of methoxy groups -OCH3 is 1. The first-order chi connectivity index (χ1) is 14.1. The number of nitrogens with zero attached hydrogens (tertiary/aromatic N) is 1. The van der Waals surface area contributed by atoms with E-state index in [0.717, 1.165) is 16.0 Å². The number of carbonyl (C=O) groups is 1. The van der Waals surface area contributed by atoms with Crippen molar-refractivity contribution in [1.82, 2.24) is 15.3 Å². The summed E-state index contributed by atoms with van der Waals surface area (Å²) in [5, 5.41) is 3.40. The molecule has 2 aromatic carbocycles. The van der Waals surface area contributed by atoms with Gasteiger partial charge >= 0.3 is 0 Å². The summed E-state index contributed by atoms with van der Waals surface area (Å²) in [4.78, 5) is 21.1. The molecule has 1 unspecified atom stereocenters. The minimum Gasteiger partial charge on any atom is -0.380 e. The Morgan fingerprint density at radius 1 is 1.24 bits per heavy atom. The summed E-state index contributed by atoms with van der Waals surface area (Å²) in [6.07, 6.45) is 1.75. The Morgan fingerprint density at radius 2 is 2.03 bits per heavy atom. The minimum absolute atomic E-state index is 0.164. The number of H-pyrrole nitrogens is 1. The maximum atomic E-state index is 14.3. The fourth-order valence-corrected chi connectivity index (χ4v) is 4.41. The predicted octanol–water partition coefficient (Wildman–Crippen LogP) is 5.07. The molecule has 0 saturated heterocycles. The zero-order chi connectivity index (χ0) is 20.4. The number of amides is 1. The van der Waals surface area contributed by atoms with E-state index in [2.05, 4.69) is 15.3 Å². The van der Waals surface area contributed by atoms with E-state index in [1.807, 2.05) is 37.3 Å². The monoisotopic (exact) mass is 409 g/mol. The zero-order valence-electron chi connectivity index (χ0n) is 16.0. The third-order valence-electron chi connectivity index (χ3n) is 4.70. The van der Waals surface area contributed by atoms with Crippen LogP contribution in [0.5, 0.6) is 0 Å². The molecule has 5 nitrogen and oxygen atoms in total. The van der Waals surface area contributed by atoms with Gasteiger partial charge in [0.05, 0.1) is 29.4 Å². The highest BCUT2D eigenvalue weighted by atomic mass is 32.1. The van der Waals surface area contributed by atoms with Gasteiger partial charge in [0.15, 0.2) is 0 Å². The number of fused-ring (bicyclic) bond motifs is 1. The number of rotatable bonds is 6. The standard InChI is InChI=1S/C22H20FN3O2S/c1-13(21-24-11-17(26-21)14-7-4-3-5-8-14)25-22(27)20-15(12-28-2)19-16(23)9-6-10-18(19)29-20/h3-11,13H,12H2,1-2H3,(H,24,26)(H,25,27). The van der Waals surface area contributed by atoms with E-state index in [1.54, 1.807) is 18.3 Å². The number of thiophene rings is 1. The summed E-state index contributed by atoms with van der Waals surface area (Å²) >= 11 is 1.26.